The summed E-state index contributed by atoms with van der Waals surface area (Å²) in [7, 11) is 0. The number of aliphatic hydroxyl groups is 1. The molecular formula is C25H24ClFN2O3. The number of carbonyl (C=O) groups is 1. The minimum atomic E-state index is -0.344. The molecule has 0 saturated heterocycles. The number of rotatable bonds is 8. The topological polar surface area (TPSA) is 72.3 Å². The van der Waals surface area contributed by atoms with E-state index in [1.807, 2.05) is 0 Å². The molecule has 2 aliphatic rings. The zero-order valence-corrected chi connectivity index (χ0v) is 18.2. The summed E-state index contributed by atoms with van der Waals surface area (Å²) >= 11 is 5.93. The van der Waals surface area contributed by atoms with Gasteiger partial charge in [-0.1, -0.05) is 11.6 Å². The van der Waals surface area contributed by atoms with Gasteiger partial charge in [-0.15, -0.1) is 0 Å². The molecule has 5 rings (SSSR count). The van der Waals surface area contributed by atoms with Crippen LogP contribution in [0.15, 0.2) is 48.8 Å². The summed E-state index contributed by atoms with van der Waals surface area (Å²) in [5.74, 6) is 1.72. The molecule has 5 atom stereocenters. The van der Waals surface area contributed by atoms with E-state index in [0.29, 0.717) is 58.0 Å². The van der Waals surface area contributed by atoms with Gasteiger partial charge < -0.3 is 9.84 Å². The highest BCUT2D eigenvalue weighted by molar-refractivity contribution is 6.30. The van der Waals surface area contributed by atoms with Crippen LogP contribution in [0.25, 0.3) is 10.9 Å². The number of fused-ring (bicyclic) bond motifs is 2. The molecule has 2 aliphatic carbocycles. The molecule has 3 unspecified atom stereocenters. The van der Waals surface area contributed by atoms with E-state index >= 15 is 0 Å². The summed E-state index contributed by atoms with van der Waals surface area (Å²) in [4.78, 5) is 21.2. The van der Waals surface area contributed by atoms with E-state index in [1.165, 1.54) is 18.5 Å². The molecule has 2 saturated carbocycles. The molecule has 0 amide bonds. The number of ketones is 1. The van der Waals surface area contributed by atoms with Gasteiger partial charge in [0.05, 0.1) is 10.9 Å². The highest BCUT2D eigenvalue weighted by atomic mass is 35.5. The molecule has 0 radical (unpaired) electrons. The summed E-state index contributed by atoms with van der Waals surface area (Å²) < 4.78 is 19.8. The normalized spacial score (nSPS) is 24.8. The Morgan fingerprint density at radius 2 is 1.91 bits per heavy atom. The number of aromatic nitrogens is 2. The van der Waals surface area contributed by atoms with Crippen LogP contribution in [-0.4, -0.2) is 33.6 Å². The predicted molar refractivity (Wildman–Crippen MR) is 119 cm³/mol. The second kappa shape index (κ2) is 8.75. The van der Waals surface area contributed by atoms with Crippen molar-refractivity contribution < 1.29 is 19.0 Å². The van der Waals surface area contributed by atoms with Crippen molar-refractivity contribution in [1.82, 2.24) is 9.97 Å². The first-order chi connectivity index (χ1) is 15.5. The Balaban J connectivity index is 1.22. The summed E-state index contributed by atoms with van der Waals surface area (Å²) in [6.07, 6.45) is 4.28. The molecule has 32 heavy (non-hydrogen) atoms. The SMILES string of the molecule is O=C(CC(CCO)C1[C@H]2CC(Oc3ncnc4ccc(F)cc34)C[C@@H]12)c1ccc(Cl)cc1. The average molecular weight is 455 g/mol. The molecule has 7 heteroatoms. The number of Topliss-reactive ketones (excluding diaryl/α,β-unsaturated/α-hetero) is 1. The monoisotopic (exact) mass is 454 g/mol. The molecule has 5 nitrogen and oxygen atoms in total. The smallest absolute Gasteiger partial charge is 0.224 e. The molecular weight excluding hydrogens is 431 g/mol. The fourth-order valence-electron chi connectivity index (χ4n) is 5.48. The zero-order chi connectivity index (χ0) is 22.2. The first-order valence-corrected chi connectivity index (χ1v) is 11.4. The molecule has 2 aromatic carbocycles. The van der Waals surface area contributed by atoms with Crippen LogP contribution in [0.3, 0.4) is 0 Å². The van der Waals surface area contributed by atoms with E-state index in [9.17, 15) is 14.3 Å². The molecule has 2 fully saturated rings. The molecule has 1 N–H and O–H groups in total. The minimum absolute atomic E-state index is 0.0179. The van der Waals surface area contributed by atoms with Crippen LogP contribution in [0.2, 0.25) is 5.02 Å². The summed E-state index contributed by atoms with van der Waals surface area (Å²) in [5, 5.41) is 10.8. The van der Waals surface area contributed by atoms with E-state index in [1.54, 1.807) is 30.3 Å². The Morgan fingerprint density at radius 1 is 1.16 bits per heavy atom. The zero-order valence-electron chi connectivity index (χ0n) is 17.5. The number of aliphatic hydroxyl groups excluding tert-OH is 1. The fraction of sp³-hybridized carbons (Fsp3) is 0.400. The quantitative estimate of drug-likeness (QED) is 0.479. The van der Waals surface area contributed by atoms with Crippen LogP contribution in [0.1, 0.15) is 36.0 Å². The lowest BCUT2D eigenvalue weighted by Gasteiger charge is -2.21. The van der Waals surface area contributed by atoms with E-state index in [4.69, 9.17) is 16.3 Å². The number of halogens is 2. The van der Waals surface area contributed by atoms with Gasteiger partial charge in [-0.3, -0.25) is 4.79 Å². The predicted octanol–water partition coefficient (Wildman–Crippen LogP) is 5.10. The number of hydrogen-bond donors (Lipinski definition) is 1. The number of carbonyl (C=O) groups excluding carboxylic acids is 1. The third kappa shape index (κ3) is 4.21. The van der Waals surface area contributed by atoms with Crippen LogP contribution in [0.5, 0.6) is 5.88 Å². The highest BCUT2D eigenvalue weighted by Crippen LogP contribution is 2.62. The van der Waals surface area contributed by atoms with E-state index in [2.05, 4.69) is 9.97 Å². The van der Waals surface area contributed by atoms with Crippen LogP contribution >= 0.6 is 11.6 Å². The third-order valence-corrected chi connectivity index (χ3v) is 7.22. The van der Waals surface area contributed by atoms with Gasteiger partial charge in [0.25, 0.3) is 0 Å². The Bertz CT molecular complexity index is 1130. The number of hydrogen-bond acceptors (Lipinski definition) is 5. The average Bonchev–Trinajstić information content (AvgIpc) is 3.28. The van der Waals surface area contributed by atoms with E-state index in [-0.39, 0.29) is 30.2 Å². The van der Waals surface area contributed by atoms with Crippen molar-refractivity contribution in [2.75, 3.05) is 6.61 Å². The Kier molecular flexibility index (Phi) is 5.82. The lowest BCUT2D eigenvalue weighted by atomic mass is 9.87. The Labute approximate surface area is 190 Å². The third-order valence-electron chi connectivity index (χ3n) is 6.97. The molecule has 3 aromatic rings. The largest absolute Gasteiger partial charge is 0.474 e. The van der Waals surface area contributed by atoms with Crippen LogP contribution in [-0.2, 0) is 0 Å². The fourth-order valence-corrected chi connectivity index (χ4v) is 5.61. The Morgan fingerprint density at radius 3 is 2.62 bits per heavy atom. The van der Waals surface area contributed by atoms with Gasteiger partial charge in [-0.25, -0.2) is 14.4 Å². The maximum absolute atomic E-state index is 13.7. The van der Waals surface area contributed by atoms with Crippen molar-refractivity contribution in [1.29, 1.82) is 0 Å². The van der Waals surface area contributed by atoms with Gasteiger partial charge in [-0.05, 0) is 85.4 Å². The van der Waals surface area contributed by atoms with Crippen molar-refractivity contribution >= 4 is 28.3 Å². The van der Waals surface area contributed by atoms with Crippen molar-refractivity contribution in [3.05, 3.63) is 65.2 Å². The van der Waals surface area contributed by atoms with Gasteiger partial charge in [-0.2, -0.15) is 0 Å². The summed E-state index contributed by atoms with van der Waals surface area (Å²) in [5.41, 5.74) is 1.31. The summed E-state index contributed by atoms with van der Waals surface area (Å²) in [6.45, 7) is 0.0763. The van der Waals surface area contributed by atoms with Crippen LogP contribution < -0.4 is 4.74 Å². The number of ether oxygens (including phenoxy) is 1. The van der Waals surface area contributed by atoms with E-state index < -0.39 is 0 Å². The molecule has 1 aromatic heterocycles. The lowest BCUT2D eigenvalue weighted by molar-refractivity contribution is 0.0934. The Hall–Kier alpha value is -2.57. The van der Waals surface area contributed by atoms with Gasteiger partial charge in [0.1, 0.15) is 18.2 Å². The van der Waals surface area contributed by atoms with Gasteiger partial charge in [0.2, 0.25) is 5.88 Å². The highest BCUT2D eigenvalue weighted by Gasteiger charge is 2.59. The molecule has 166 valence electrons. The van der Waals surface area contributed by atoms with Crippen molar-refractivity contribution in [3.8, 4) is 5.88 Å². The van der Waals surface area contributed by atoms with Crippen LogP contribution in [0, 0.1) is 29.5 Å². The van der Waals surface area contributed by atoms with Gasteiger partial charge in [0.15, 0.2) is 5.78 Å². The maximum Gasteiger partial charge on any atom is 0.224 e. The molecule has 0 bridgehead atoms. The first kappa shape index (κ1) is 21.3. The van der Waals surface area contributed by atoms with E-state index in [0.717, 1.165) is 12.8 Å². The number of benzene rings is 2. The molecule has 1 heterocycles. The maximum atomic E-state index is 13.7. The number of nitrogens with zero attached hydrogens (tertiary/aromatic N) is 2. The standard InChI is InChI=1S/C25H24ClFN2O3/c26-16-3-1-14(2-4-16)23(31)9-15(7-8-30)24-19-11-18(12-20(19)24)32-25-21-10-17(27)5-6-22(21)28-13-29-25/h1-6,10,13,15,18-20,24,30H,7-9,11-12H2/t15?,18?,19-,20+,24?. The second-order valence-corrected chi connectivity index (χ2v) is 9.30. The lowest BCUT2D eigenvalue weighted by Crippen LogP contribution is -2.21. The van der Waals surface area contributed by atoms with Crippen molar-refractivity contribution in [2.24, 2.45) is 23.7 Å². The molecule has 0 aliphatic heterocycles. The van der Waals surface area contributed by atoms with Crippen molar-refractivity contribution in [2.45, 2.75) is 31.8 Å². The van der Waals surface area contributed by atoms with Gasteiger partial charge >= 0.3 is 0 Å². The molecule has 0 spiro atoms. The van der Waals surface area contributed by atoms with Crippen molar-refractivity contribution in [3.63, 3.8) is 0 Å². The summed E-state index contributed by atoms with van der Waals surface area (Å²) in [6, 6.07) is 11.4. The second-order valence-electron chi connectivity index (χ2n) is 8.86. The van der Waals surface area contributed by atoms with Gasteiger partial charge in [0, 0.05) is 23.6 Å². The first-order valence-electron chi connectivity index (χ1n) is 11.0. The minimum Gasteiger partial charge on any atom is -0.474 e. The van der Waals surface area contributed by atoms with Crippen LogP contribution in [0.4, 0.5) is 4.39 Å².